The molecule has 1 atom stereocenters. The molecular weight excluding hydrogens is 444 g/mol. The minimum Gasteiger partial charge on any atom is -0.497 e. The molecule has 0 bridgehead atoms. The van der Waals surface area contributed by atoms with Crippen LogP contribution in [0, 0.1) is 0 Å². The van der Waals surface area contributed by atoms with E-state index in [0.29, 0.717) is 36.7 Å². The van der Waals surface area contributed by atoms with Crippen LogP contribution in [0.2, 0.25) is 5.02 Å². The van der Waals surface area contributed by atoms with Crippen LogP contribution in [0.3, 0.4) is 0 Å². The predicted molar refractivity (Wildman–Crippen MR) is 132 cm³/mol. The van der Waals surface area contributed by atoms with Gasteiger partial charge in [-0.2, -0.15) is 0 Å². The van der Waals surface area contributed by atoms with Gasteiger partial charge >= 0.3 is 0 Å². The van der Waals surface area contributed by atoms with E-state index in [-0.39, 0.29) is 11.8 Å². The Hall–Kier alpha value is -2.18. The number of methoxy groups -OCH3 is 1. The third-order valence-electron chi connectivity index (χ3n) is 5.13. The minimum atomic E-state index is -0.498. The fraction of sp³-hybridized carbons (Fsp3) is 0.440. The average molecular weight is 477 g/mol. The summed E-state index contributed by atoms with van der Waals surface area (Å²) in [5, 5.41) is 3.68. The molecule has 0 heterocycles. The Labute approximate surface area is 200 Å². The maximum absolute atomic E-state index is 13.2. The molecule has 0 aromatic heterocycles. The van der Waals surface area contributed by atoms with Crippen molar-refractivity contribution in [1.82, 2.24) is 10.2 Å². The molecule has 2 aromatic carbocycles. The first-order valence-electron chi connectivity index (χ1n) is 11.1. The molecule has 0 fully saturated rings. The summed E-state index contributed by atoms with van der Waals surface area (Å²) in [7, 11) is 1.62. The van der Waals surface area contributed by atoms with Crippen molar-refractivity contribution < 1.29 is 14.3 Å². The van der Waals surface area contributed by atoms with Crippen LogP contribution >= 0.6 is 23.4 Å². The third kappa shape index (κ3) is 8.40. The van der Waals surface area contributed by atoms with Crippen LogP contribution in [-0.4, -0.2) is 42.2 Å². The molecule has 0 saturated heterocycles. The molecule has 7 heteroatoms. The van der Waals surface area contributed by atoms with Crippen LogP contribution in [0.5, 0.6) is 5.75 Å². The zero-order valence-corrected chi connectivity index (χ0v) is 20.7. The summed E-state index contributed by atoms with van der Waals surface area (Å²) in [6, 6.07) is 14.7. The number of rotatable bonds is 13. The van der Waals surface area contributed by atoms with Crippen molar-refractivity contribution in [2.24, 2.45) is 0 Å². The van der Waals surface area contributed by atoms with Crippen LogP contribution in [0.4, 0.5) is 0 Å². The van der Waals surface area contributed by atoms with Gasteiger partial charge in [-0.15, -0.1) is 11.8 Å². The van der Waals surface area contributed by atoms with E-state index in [0.717, 1.165) is 29.1 Å². The zero-order chi connectivity index (χ0) is 23.3. The topological polar surface area (TPSA) is 58.6 Å². The van der Waals surface area contributed by atoms with E-state index in [4.69, 9.17) is 16.3 Å². The van der Waals surface area contributed by atoms with E-state index in [2.05, 4.69) is 12.2 Å². The van der Waals surface area contributed by atoms with E-state index in [9.17, 15) is 9.59 Å². The number of hydrogen-bond acceptors (Lipinski definition) is 4. The lowest BCUT2D eigenvalue weighted by molar-refractivity contribution is -0.141. The average Bonchev–Trinajstić information content (AvgIpc) is 2.80. The normalized spacial score (nSPS) is 11.6. The number of nitrogens with zero attached hydrogens (tertiary/aromatic N) is 1. The van der Waals surface area contributed by atoms with Crippen molar-refractivity contribution in [3.05, 3.63) is 59.1 Å². The number of ether oxygens (including phenoxy) is 1. The van der Waals surface area contributed by atoms with Gasteiger partial charge in [0.05, 0.1) is 7.11 Å². The number of halogens is 1. The maximum Gasteiger partial charge on any atom is 0.242 e. The second-order valence-corrected chi connectivity index (χ2v) is 9.10. The monoisotopic (exact) mass is 476 g/mol. The number of benzene rings is 2. The molecule has 0 unspecified atom stereocenters. The van der Waals surface area contributed by atoms with Crippen molar-refractivity contribution in [2.75, 3.05) is 19.4 Å². The first-order valence-corrected chi connectivity index (χ1v) is 12.4. The standard InChI is InChI=1S/C25H33ClN2O3S/c1-4-6-16-27-25(30)23(5-2)28(18-19-7-11-21(31-3)12-8-19)24(29)15-17-32-22-13-9-20(26)10-14-22/h7-14,23H,4-6,15-18H2,1-3H3,(H,27,30)/t23-/m0/s1. The Morgan fingerprint density at radius 3 is 2.38 bits per heavy atom. The number of carbonyl (C=O) groups excluding carboxylic acids is 2. The zero-order valence-electron chi connectivity index (χ0n) is 19.1. The van der Waals surface area contributed by atoms with E-state index >= 15 is 0 Å². The molecule has 0 saturated carbocycles. The number of unbranched alkanes of at least 4 members (excludes halogenated alkanes) is 1. The van der Waals surface area contributed by atoms with Gasteiger partial charge in [-0.05, 0) is 54.8 Å². The molecule has 1 N–H and O–H groups in total. The summed E-state index contributed by atoms with van der Waals surface area (Å²) < 4.78 is 5.23. The van der Waals surface area contributed by atoms with Crippen molar-refractivity contribution >= 4 is 35.2 Å². The van der Waals surface area contributed by atoms with Crippen molar-refractivity contribution in [3.8, 4) is 5.75 Å². The lowest BCUT2D eigenvalue weighted by atomic mass is 10.1. The van der Waals surface area contributed by atoms with Crippen LogP contribution in [0.1, 0.15) is 45.1 Å². The largest absolute Gasteiger partial charge is 0.497 e. The quantitative estimate of drug-likeness (QED) is 0.304. The molecule has 0 aliphatic carbocycles. The molecule has 0 aliphatic rings. The Balaban J connectivity index is 2.09. The molecule has 174 valence electrons. The fourth-order valence-electron chi connectivity index (χ4n) is 3.28. The molecule has 0 radical (unpaired) electrons. The highest BCUT2D eigenvalue weighted by molar-refractivity contribution is 7.99. The molecule has 0 spiro atoms. The van der Waals surface area contributed by atoms with Gasteiger partial charge in [0.15, 0.2) is 0 Å². The lowest BCUT2D eigenvalue weighted by Crippen LogP contribution is -2.49. The van der Waals surface area contributed by atoms with Crippen LogP contribution in [0.15, 0.2) is 53.4 Å². The summed E-state index contributed by atoms with van der Waals surface area (Å²) in [6.45, 7) is 5.04. The molecule has 0 aliphatic heterocycles. The number of nitrogens with one attached hydrogen (secondary N) is 1. The number of hydrogen-bond donors (Lipinski definition) is 1. The number of carbonyl (C=O) groups is 2. The highest BCUT2D eigenvalue weighted by Crippen LogP contribution is 2.22. The van der Waals surface area contributed by atoms with Crippen LogP contribution < -0.4 is 10.1 Å². The third-order valence-corrected chi connectivity index (χ3v) is 6.39. The van der Waals surface area contributed by atoms with E-state index in [1.165, 1.54) is 0 Å². The summed E-state index contributed by atoms with van der Waals surface area (Å²) in [6.07, 6.45) is 2.84. The molecule has 5 nitrogen and oxygen atoms in total. The lowest BCUT2D eigenvalue weighted by Gasteiger charge is -2.30. The van der Waals surface area contributed by atoms with E-state index < -0.39 is 6.04 Å². The van der Waals surface area contributed by atoms with Gasteiger partial charge < -0.3 is 15.0 Å². The summed E-state index contributed by atoms with van der Waals surface area (Å²) >= 11 is 7.55. The second kappa shape index (κ2) is 14.1. The molecule has 2 aromatic rings. The van der Waals surface area contributed by atoms with Gasteiger partial charge in [0.2, 0.25) is 11.8 Å². The first kappa shape index (κ1) is 26.1. The van der Waals surface area contributed by atoms with Gasteiger partial charge in [0, 0.05) is 35.2 Å². The van der Waals surface area contributed by atoms with Crippen LogP contribution in [-0.2, 0) is 16.1 Å². The second-order valence-electron chi connectivity index (χ2n) is 7.49. The highest BCUT2D eigenvalue weighted by Gasteiger charge is 2.28. The molecule has 32 heavy (non-hydrogen) atoms. The number of thioether (sulfide) groups is 1. The van der Waals surface area contributed by atoms with Gasteiger partial charge in [-0.3, -0.25) is 9.59 Å². The van der Waals surface area contributed by atoms with E-state index in [1.807, 2.05) is 55.5 Å². The summed E-state index contributed by atoms with van der Waals surface area (Å²) in [5.41, 5.74) is 0.962. The van der Waals surface area contributed by atoms with Crippen molar-refractivity contribution in [2.45, 2.75) is 57.0 Å². The smallest absolute Gasteiger partial charge is 0.242 e. The summed E-state index contributed by atoms with van der Waals surface area (Å²) in [4.78, 5) is 28.9. The van der Waals surface area contributed by atoms with Gasteiger partial charge in [-0.1, -0.05) is 44.0 Å². The minimum absolute atomic E-state index is 0.0280. The van der Waals surface area contributed by atoms with Crippen molar-refractivity contribution in [1.29, 1.82) is 0 Å². The van der Waals surface area contributed by atoms with Gasteiger partial charge in [-0.25, -0.2) is 0 Å². The highest BCUT2D eigenvalue weighted by atomic mass is 35.5. The Bertz CT molecular complexity index is 843. The SMILES string of the molecule is CCCCNC(=O)[C@H](CC)N(Cc1ccc(OC)cc1)C(=O)CCSc1ccc(Cl)cc1. The Morgan fingerprint density at radius 1 is 1.09 bits per heavy atom. The molecule has 2 amide bonds. The maximum atomic E-state index is 13.2. The van der Waals surface area contributed by atoms with E-state index in [1.54, 1.807) is 23.8 Å². The van der Waals surface area contributed by atoms with Gasteiger partial charge in [0.25, 0.3) is 0 Å². The first-order chi connectivity index (χ1) is 15.5. The molecular formula is C25H33ClN2O3S. The van der Waals surface area contributed by atoms with Crippen molar-refractivity contribution in [3.63, 3.8) is 0 Å². The summed E-state index contributed by atoms with van der Waals surface area (Å²) in [5.74, 6) is 1.27. The Kier molecular flexibility index (Phi) is 11.5. The fourth-order valence-corrected chi connectivity index (χ4v) is 4.25. The Morgan fingerprint density at radius 2 is 1.78 bits per heavy atom. The molecule has 2 rings (SSSR count). The van der Waals surface area contributed by atoms with Gasteiger partial charge in [0.1, 0.15) is 11.8 Å². The van der Waals surface area contributed by atoms with Crippen LogP contribution in [0.25, 0.3) is 0 Å². The predicted octanol–water partition coefficient (Wildman–Crippen LogP) is 5.55. The number of amides is 2.